The topological polar surface area (TPSA) is 81.7 Å². The van der Waals surface area contributed by atoms with Gasteiger partial charge >= 0.3 is 0 Å². The standard InChI is InChI=1S/C19H32N4O3S.2ClH/c1-4-10-20-11-12-21-19(24)17-15-16(27(25,26)22(2)3)8-9-18(17)23-13-6-5-7-14-23;;/h8-9,15,20H,4-7,10-14H2,1-3H3,(H,21,24);2*1H. The first-order valence-corrected chi connectivity index (χ1v) is 11.1. The third kappa shape index (κ3) is 7.61. The molecule has 1 aromatic carbocycles. The van der Waals surface area contributed by atoms with Gasteiger partial charge in [0.15, 0.2) is 0 Å². The molecule has 1 saturated heterocycles. The molecule has 29 heavy (non-hydrogen) atoms. The number of hydrogen-bond donors (Lipinski definition) is 2. The number of sulfonamides is 1. The smallest absolute Gasteiger partial charge is 0.253 e. The van der Waals surface area contributed by atoms with Gasteiger partial charge in [0.2, 0.25) is 10.0 Å². The van der Waals surface area contributed by atoms with Crippen LogP contribution in [0.25, 0.3) is 0 Å². The highest BCUT2D eigenvalue weighted by Crippen LogP contribution is 2.27. The van der Waals surface area contributed by atoms with E-state index in [9.17, 15) is 13.2 Å². The van der Waals surface area contributed by atoms with E-state index in [1.54, 1.807) is 12.1 Å². The molecule has 1 aromatic rings. The number of nitrogens with one attached hydrogen (secondary N) is 2. The van der Waals surface area contributed by atoms with E-state index >= 15 is 0 Å². The number of hydrogen-bond acceptors (Lipinski definition) is 5. The maximum absolute atomic E-state index is 12.8. The lowest BCUT2D eigenvalue weighted by Gasteiger charge is -2.30. The van der Waals surface area contributed by atoms with Crippen molar-refractivity contribution in [3.8, 4) is 0 Å². The van der Waals surface area contributed by atoms with Crippen molar-refractivity contribution in [1.29, 1.82) is 0 Å². The Morgan fingerprint density at radius 2 is 1.72 bits per heavy atom. The summed E-state index contributed by atoms with van der Waals surface area (Å²) >= 11 is 0. The number of halogens is 2. The van der Waals surface area contributed by atoms with Crippen LogP contribution in [0, 0.1) is 0 Å². The lowest BCUT2D eigenvalue weighted by atomic mass is 10.1. The molecule has 0 spiro atoms. The summed E-state index contributed by atoms with van der Waals surface area (Å²) in [6.07, 6.45) is 4.39. The summed E-state index contributed by atoms with van der Waals surface area (Å²) in [6.45, 7) is 5.96. The van der Waals surface area contributed by atoms with Crippen molar-refractivity contribution < 1.29 is 13.2 Å². The van der Waals surface area contributed by atoms with Gasteiger partial charge in [0.1, 0.15) is 0 Å². The fourth-order valence-electron chi connectivity index (χ4n) is 3.14. The van der Waals surface area contributed by atoms with Crippen LogP contribution in [-0.2, 0) is 10.0 Å². The highest BCUT2D eigenvalue weighted by molar-refractivity contribution is 7.89. The Hall–Kier alpha value is -1.06. The Bertz CT molecular complexity index is 739. The van der Waals surface area contributed by atoms with Gasteiger partial charge < -0.3 is 15.5 Å². The Balaban J connectivity index is 0.00000392. The average Bonchev–Trinajstić information content (AvgIpc) is 2.67. The van der Waals surface area contributed by atoms with E-state index in [0.717, 1.165) is 44.6 Å². The van der Waals surface area contributed by atoms with Crippen molar-refractivity contribution in [2.45, 2.75) is 37.5 Å². The number of anilines is 1. The van der Waals surface area contributed by atoms with Crippen molar-refractivity contribution in [2.75, 3.05) is 51.7 Å². The number of nitrogens with zero attached hydrogens (tertiary/aromatic N) is 2. The van der Waals surface area contributed by atoms with Gasteiger partial charge in [-0.15, -0.1) is 24.8 Å². The summed E-state index contributed by atoms with van der Waals surface area (Å²) in [5.41, 5.74) is 1.24. The van der Waals surface area contributed by atoms with Crippen LogP contribution >= 0.6 is 24.8 Å². The summed E-state index contributed by atoms with van der Waals surface area (Å²) in [6, 6.07) is 4.87. The second kappa shape index (κ2) is 13.3. The van der Waals surface area contributed by atoms with Crippen molar-refractivity contribution in [2.24, 2.45) is 0 Å². The van der Waals surface area contributed by atoms with E-state index in [1.165, 1.54) is 30.9 Å². The molecule has 0 saturated carbocycles. The Kier molecular flexibility index (Phi) is 12.8. The summed E-state index contributed by atoms with van der Waals surface area (Å²) in [4.78, 5) is 15.1. The molecular formula is C19H34Cl2N4O3S. The summed E-state index contributed by atoms with van der Waals surface area (Å²) in [5, 5.41) is 6.15. The number of amides is 1. The SMILES string of the molecule is CCCNCCNC(=O)c1cc(S(=O)(=O)N(C)C)ccc1N1CCCCC1.Cl.Cl. The van der Waals surface area contributed by atoms with Crippen LogP contribution in [0.3, 0.4) is 0 Å². The Morgan fingerprint density at radius 3 is 2.31 bits per heavy atom. The summed E-state index contributed by atoms with van der Waals surface area (Å²) < 4.78 is 26.2. The van der Waals surface area contributed by atoms with E-state index in [1.807, 2.05) is 0 Å². The molecule has 1 aliphatic heterocycles. The predicted octanol–water partition coefficient (Wildman–Crippen LogP) is 2.50. The number of carbonyl (C=O) groups is 1. The molecule has 10 heteroatoms. The molecule has 0 atom stereocenters. The molecule has 168 valence electrons. The zero-order valence-corrected chi connectivity index (χ0v) is 19.9. The third-order valence-electron chi connectivity index (χ3n) is 4.70. The van der Waals surface area contributed by atoms with Crippen LogP contribution in [0.2, 0.25) is 0 Å². The number of rotatable bonds is 9. The van der Waals surface area contributed by atoms with Gasteiger partial charge in [-0.2, -0.15) is 0 Å². The minimum atomic E-state index is -3.59. The molecule has 1 fully saturated rings. The van der Waals surface area contributed by atoms with E-state index < -0.39 is 10.0 Å². The number of piperidine rings is 1. The summed E-state index contributed by atoms with van der Waals surface area (Å²) in [5.74, 6) is -0.232. The first-order valence-electron chi connectivity index (χ1n) is 9.68. The highest BCUT2D eigenvalue weighted by atomic mass is 35.5. The maximum Gasteiger partial charge on any atom is 0.253 e. The first kappa shape index (κ1) is 27.9. The second-order valence-corrected chi connectivity index (χ2v) is 9.17. The predicted molar refractivity (Wildman–Crippen MR) is 123 cm³/mol. The fourth-order valence-corrected chi connectivity index (χ4v) is 4.07. The van der Waals surface area contributed by atoms with Crippen LogP contribution in [0.15, 0.2) is 23.1 Å². The van der Waals surface area contributed by atoms with Gasteiger partial charge in [0, 0.05) is 46.0 Å². The first-order chi connectivity index (χ1) is 12.9. The highest BCUT2D eigenvalue weighted by Gasteiger charge is 2.24. The van der Waals surface area contributed by atoms with Crippen molar-refractivity contribution in [3.05, 3.63) is 23.8 Å². The molecule has 1 aliphatic rings. The molecule has 7 nitrogen and oxygen atoms in total. The van der Waals surface area contributed by atoms with Crippen molar-refractivity contribution >= 4 is 46.4 Å². The van der Waals surface area contributed by atoms with Crippen LogP contribution in [-0.4, -0.2) is 65.4 Å². The fraction of sp³-hybridized carbons (Fsp3) is 0.632. The summed E-state index contributed by atoms with van der Waals surface area (Å²) in [7, 11) is -0.604. The van der Waals surface area contributed by atoms with Crippen LogP contribution in [0.4, 0.5) is 5.69 Å². The third-order valence-corrected chi connectivity index (χ3v) is 6.51. The molecule has 0 unspecified atom stereocenters. The normalized spacial score (nSPS) is 14.1. The molecular weight excluding hydrogens is 435 g/mol. The number of carbonyl (C=O) groups excluding carboxylic acids is 1. The Morgan fingerprint density at radius 1 is 1.07 bits per heavy atom. The molecule has 0 aromatic heterocycles. The van der Waals surface area contributed by atoms with Gasteiger partial charge in [-0.1, -0.05) is 6.92 Å². The number of benzene rings is 1. The minimum Gasteiger partial charge on any atom is -0.371 e. The molecule has 0 bridgehead atoms. The monoisotopic (exact) mass is 468 g/mol. The average molecular weight is 469 g/mol. The van der Waals surface area contributed by atoms with E-state index in [-0.39, 0.29) is 35.6 Å². The maximum atomic E-state index is 12.8. The van der Waals surface area contributed by atoms with Crippen molar-refractivity contribution in [1.82, 2.24) is 14.9 Å². The van der Waals surface area contributed by atoms with E-state index in [0.29, 0.717) is 18.7 Å². The lowest BCUT2D eigenvalue weighted by molar-refractivity contribution is 0.0954. The van der Waals surface area contributed by atoms with Gasteiger partial charge in [-0.25, -0.2) is 12.7 Å². The molecule has 1 amide bonds. The Labute approximate surface area is 187 Å². The van der Waals surface area contributed by atoms with E-state index in [2.05, 4.69) is 22.5 Å². The second-order valence-electron chi connectivity index (χ2n) is 7.02. The van der Waals surface area contributed by atoms with Crippen LogP contribution in [0.1, 0.15) is 43.0 Å². The van der Waals surface area contributed by atoms with Crippen molar-refractivity contribution in [3.63, 3.8) is 0 Å². The van der Waals surface area contributed by atoms with Gasteiger partial charge in [0.05, 0.1) is 10.5 Å². The minimum absolute atomic E-state index is 0. The van der Waals surface area contributed by atoms with Gasteiger partial charge in [-0.3, -0.25) is 4.79 Å². The van der Waals surface area contributed by atoms with Gasteiger partial charge in [-0.05, 0) is 50.4 Å². The lowest BCUT2D eigenvalue weighted by Crippen LogP contribution is -2.35. The van der Waals surface area contributed by atoms with Crippen LogP contribution < -0.4 is 15.5 Å². The van der Waals surface area contributed by atoms with Gasteiger partial charge in [0.25, 0.3) is 5.91 Å². The molecule has 2 rings (SSSR count). The molecule has 0 aliphatic carbocycles. The molecule has 0 radical (unpaired) electrons. The quantitative estimate of drug-likeness (QED) is 0.544. The van der Waals surface area contributed by atoms with E-state index in [4.69, 9.17) is 0 Å². The zero-order chi connectivity index (χ0) is 19.9. The zero-order valence-electron chi connectivity index (χ0n) is 17.4. The molecule has 1 heterocycles. The largest absolute Gasteiger partial charge is 0.371 e. The molecule has 2 N–H and O–H groups in total. The van der Waals surface area contributed by atoms with Crippen LogP contribution in [0.5, 0.6) is 0 Å².